The van der Waals surface area contributed by atoms with Gasteiger partial charge < -0.3 is 5.32 Å². The molecule has 0 spiro atoms. The van der Waals surface area contributed by atoms with Gasteiger partial charge in [0.15, 0.2) is 0 Å². The Hall–Kier alpha value is -1.68. The van der Waals surface area contributed by atoms with Crippen LogP contribution in [0.25, 0.3) is 0 Å². The summed E-state index contributed by atoms with van der Waals surface area (Å²) in [5.41, 5.74) is 0.952. The highest BCUT2D eigenvalue weighted by atomic mass is 16.2. The number of benzene rings is 1. The first kappa shape index (κ1) is 14.3. The highest BCUT2D eigenvalue weighted by Crippen LogP contribution is 2.37. The molecule has 1 aliphatic heterocycles. The zero-order valence-corrected chi connectivity index (χ0v) is 12.5. The fraction of sp³-hybridized carbons (Fsp3) is 0.529. The van der Waals surface area contributed by atoms with Gasteiger partial charge in [-0.15, -0.1) is 0 Å². The van der Waals surface area contributed by atoms with Gasteiger partial charge in [-0.25, -0.2) is 4.90 Å². The molecular formula is C17H22N2O2. The molecule has 3 rings (SSSR count). The molecule has 21 heavy (non-hydrogen) atoms. The first-order valence-corrected chi connectivity index (χ1v) is 7.74. The van der Waals surface area contributed by atoms with E-state index in [1.54, 1.807) is 12.1 Å². The maximum Gasteiger partial charge on any atom is 0.251 e. The fourth-order valence-electron chi connectivity index (χ4n) is 3.41. The molecule has 1 heterocycles. The topological polar surface area (TPSA) is 49.4 Å². The van der Waals surface area contributed by atoms with E-state index in [0.717, 1.165) is 6.54 Å². The van der Waals surface area contributed by atoms with Gasteiger partial charge in [0.25, 0.3) is 5.91 Å². The number of anilines is 1. The molecule has 1 atom stereocenters. The standard InChI is InChI=1S/C17H22N2O2/c1-17(9-5-6-10-17)12-18-14-11-15(20)19(16(14)21)13-7-3-2-4-8-13/h2-4,7-8,14,18H,5-6,9-12H2,1H3. The summed E-state index contributed by atoms with van der Waals surface area (Å²) in [5, 5.41) is 3.33. The maximum absolute atomic E-state index is 12.5. The quantitative estimate of drug-likeness (QED) is 0.865. The van der Waals surface area contributed by atoms with Crippen molar-refractivity contribution in [1.29, 1.82) is 0 Å². The highest BCUT2D eigenvalue weighted by molar-refractivity contribution is 6.22. The van der Waals surface area contributed by atoms with Crippen LogP contribution in [-0.2, 0) is 9.59 Å². The minimum atomic E-state index is -0.366. The normalized spacial score (nSPS) is 24.8. The summed E-state index contributed by atoms with van der Waals surface area (Å²) < 4.78 is 0. The fourth-order valence-corrected chi connectivity index (χ4v) is 3.41. The molecule has 1 aliphatic carbocycles. The van der Waals surface area contributed by atoms with Gasteiger partial charge in [0, 0.05) is 6.54 Å². The van der Waals surface area contributed by atoms with E-state index >= 15 is 0 Å². The van der Waals surface area contributed by atoms with Crippen LogP contribution in [0.1, 0.15) is 39.0 Å². The number of para-hydroxylation sites is 1. The van der Waals surface area contributed by atoms with Crippen LogP contribution >= 0.6 is 0 Å². The highest BCUT2D eigenvalue weighted by Gasteiger charge is 2.40. The van der Waals surface area contributed by atoms with Crippen molar-refractivity contribution in [1.82, 2.24) is 5.32 Å². The summed E-state index contributed by atoms with van der Waals surface area (Å²) >= 11 is 0. The van der Waals surface area contributed by atoms with E-state index in [0.29, 0.717) is 5.69 Å². The predicted molar refractivity (Wildman–Crippen MR) is 81.9 cm³/mol. The number of amides is 2. The Bertz CT molecular complexity index is 535. The SMILES string of the molecule is CC1(CNC2CC(=O)N(c3ccccc3)C2=O)CCCC1. The van der Waals surface area contributed by atoms with Crippen molar-refractivity contribution in [3.63, 3.8) is 0 Å². The zero-order chi connectivity index (χ0) is 14.9. The molecule has 4 nitrogen and oxygen atoms in total. The molecule has 1 aromatic rings. The molecule has 4 heteroatoms. The smallest absolute Gasteiger partial charge is 0.251 e. The van der Waals surface area contributed by atoms with Crippen molar-refractivity contribution in [3.8, 4) is 0 Å². The van der Waals surface area contributed by atoms with E-state index in [1.807, 2.05) is 18.2 Å². The van der Waals surface area contributed by atoms with Gasteiger partial charge in [-0.05, 0) is 30.4 Å². The lowest BCUT2D eigenvalue weighted by atomic mass is 9.88. The van der Waals surface area contributed by atoms with Gasteiger partial charge >= 0.3 is 0 Å². The van der Waals surface area contributed by atoms with Gasteiger partial charge in [0.1, 0.15) is 0 Å². The summed E-state index contributed by atoms with van der Waals surface area (Å²) in [5.74, 6) is -0.229. The Kier molecular flexibility index (Phi) is 3.81. The van der Waals surface area contributed by atoms with Gasteiger partial charge in [-0.2, -0.15) is 0 Å². The Labute approximate surface area is 125 Å². The molecule has 0 radical (unpaired) electrons. The lowest BCUT2D eigenvalue weighted by Gasteiger charge is -2.25. The van der Waals surface area contributed by atoms with Crippen LogP contribution in [0.15, 0.2) is 30.3 Å². The number of imide groups is 1. The first-order chi connectivity index (χ1) is 10.1. The van der Waals surface area contributed by atoms with Gasteiger partial charge in [-0.1, -0.05) is 38.0 Å². The van der Waals surface area contributed by atoms with Crippen LogP contribution in [0.3, 0.4) is 0 Å². The van der Waals surface area contributed by atoms with Crippen molar-refractivity contribution in [2.24, 2.45) is 5.41 Å². The molecule has 1 aromatic carbocycles. The van der Waals surface area contributed by atoms with Crippen molar-refractivity contribution in [2.45, 2.75) is 45.1 Å². The molecule has 0 aromatic heterocycles. The number of carbonyl (C=O) groups excluding carboxylic acids is 2. The van der Waals surface area contributed by atoms with E-state index in [2.05, 4.69) is 12.2 Å². The molecule has 1 saturated heterocycles. The molecular weight excluding hydrogens is 264 g/mol. The number of hydrogen-bond donors (Lipinski definition) is 1. The summed E-state index contributed by atoms with van der Waals surface area (Å²) in [7, 11) is 0. The largest absolute Gasteiger partial charge is 0.305 e. The minimum absolute atomic E-state index is 0.111. The monoisotopic (exact) mass is 286 g/mol. The zero-order valence-electron chi connectivity index (χ0n) is 12.5. The molecule has 2 fully saturated rings. The lowest BCUT2D eigenvalue weighted by molar-refractivity contribution is -0.121. The van der Waals surface area contributed by atoms with Gasteiger partial charge in [0.2, 0.25) is 5.91 Å². The summed E-state index contributed by atoms with van der Waals surface area (Å²) in [6, 6.07) is 8.81. The minimum Gasteiger partial charge on any atom is -0.305 e. The van der Waals surface area contributed by atoms with E-state index in [9.17, 15) is 9.59 Å². The van der Waals surface area contributed by atoms with Crippen LogP contribution in [-0.4, -0.2) is 24.4 Å². The number of nitrogens with one attached hydrogen (secondary N) is 1. The van der Waals surface area contributed by atoms with Gasteiger partial charge in [-0.3, -0.25) is 9.59 Å². The van der Waals surface area contributed by atoms with E-state index in [1.165, 1.54) is 30.6 Å². The summed E-state index contributed by atoms with van der Waals surface area (Å²) in [6.07, 6.45) is 5.22. The van der Waals surface area contributed by atoms with E-state index in [-0.39, 0.29) is 29.7 Å². The molecule has 112 valence electrons. The molecule has 1 saturated carbocycles. The third kappa shape index (κ3) is 2.86. The number of rotatable bonds is 4. The molecule has 0 bridgehead atoms. The van der Waals surface area contributed by atoms with Crippen LogP contribution in [0, 0.1) is 5.41 Å². The van der Waals surface area contributed by atoms with Gasteiger partial charge in [0.05, 0.1) is 18.2 Å². The molecule has 1 unspecified atom stereocenters. The van der Waals surface area contributed by atoms with E-state index < -0.39 is 0 Å². The second kappa shape index (κ2) is 5.60. The summed E-state index contributed by atoms with van der Waals surface area (Å²) in [6.45, 7) is 3.09. The third-order valence-corrected chi connectivity index (χ3v) is 4.75. The predicted octanol–water partition coefficient (Wildman–Crippen LogP) is 2.49. The molecule has 2 amide bonds. The Morgan fingerprint density at radius 3 is 2.52 bits per heavy atom. The van der Waals surface area contributed by atoms with Crippen LogP contribution < -0.4 is 10.2 Å². The molecule has 2 aliphatic rings. The van der Waals surface area contributed by atoms with Crippen molar-refractivity contribution >= 4 is 17.5 Å². The average Bonchev–Trinajstić information content (AvgIpc) is 3.03. The Morgan fingerprint density at radius 1 is 1.19 bits per heavy atom. The number of hydrogen-bond acceptors (Lipinski definition) is 3. The second-order valence-electron chi connectivity index (χ2n) is 6.56. The third-order valence-electron chi connectivity index (χ3n) is 4.75. The van der Waals surface area contributed by atoms with Crippen LogP contribution in [0.2, 0.25) is 0 Å². The Balaban J connectivity index is 1.66. The van der Waals surface area contributed by atoms with Crippen molar-refractivity contribution < 1.29 is 9.59 Å². The maximum atomic E-state index is 12.5. The average molecular weight is 286 g/mol. The van der Waals surface area contributed by atoms with Crippen LogP contribution in [0.4, 0.5) is 5.69 Å². The lowest BCUT2D eigenvalue weighted by Crippen LogP contribution is -2.42. The Morgan fingerprint density at radius 2 is 1.86 bits per heavy atom. The number of carbonyl (C=O) groups is 2. The van der Waals surface area contributed by atoms with Crippen molar-refractivity contribution in [3.05, 3.63) is 30.3 Å². The number of nitrogens with zero attached hydrogens (tertiary/aromatic N) is 1. The van der Waals surface area contributed by atoms with Crippen molar-refractivity contribution in [2.75, 3.05) is 11.4 Å². The van der Waals surface area contributed by atoms with E-state index in [4.69, 9.17) is 0 Å². The van der Waals surface area contributed by atoms with Crippen LogP contribution in [0.5, 0.6) is 0 Å². The summed E-state index contributed by atoms with van der Waals surface area (Å²) in [4.78, 5) is 25.9. The first-order valence-electron chi connectivity index (χ1n) is 7.74. The second-order valence-corrected chi connectivity index (χ2v) is 6.56. The molecule has 1 N–H and O–H groups in total.